The van der Waals surface area contributed by atoms with Crippen LogP contribution in [0.5, 0.6) is 0 Å². The molecule has 0 aliphatic rings. The molecule has 0 heterocycles. The van der Waals surface area contributed by atoms with Gasteiger partial charge >= 0.3 is 0 Å². The predicted molar refractivity (Wildman–Crippen MR) is 73.9 cm³/mol. The van der Waals surface area contributed by atoms with Gasteiger partial charge in [-0.2, -0.15) is 0 Å². The number of hydrogen-bond donors (Lipinski definition) is 1. The van der Waals surface area contributed by atoms with Crippen molar-refractivity contribution in [2.75, 3.05) is 20.1 Å². The SMILES string of the molecule is CCN(CC)C(C)(CC)C(NC)C(C)(C)C. The lowest BCUT2D eigenvalue weighted by Gasteiger charge is -2.50. The van der Waals surface area contributed by atoms with Crippen LogP contribution in [0, 0.1) is 5.41 Å². The van der Waals surface area contributed by atoms with E-state index < -0.39 is 0 Å². The maximum Gasteiger partial charge on any atom is 0.0336 e. The van der Waals surface area contributed by atoms with Crippen molar-refractivity contribution in [3.63, 3.8) is 0 Å². The average Bonchev–Trinajstić information content (AvgIpc) is 2.18. The van der Waals surface area contributed by atoms with Crippen LogP contribution in [0.1, 0.15) is 54.9 Å². The van der Waals surface area contributed by atoms with Crippen molar-refractivity contribution in [2.45, 2.75) is 66.5 Å². The van der Waals surface area contributed by atoms with Crippen LogP contribution in [0.25, 0.3) is 0 Å². The number of hydrogen-bond acceptors (Lipinski definition) is 2. The van der Waals surface area contributed by atoms with E-state index in [9.17, 15) is 0 Å². The lowest BCUT2D eigenvalue weighted by molar-refractivity contribution is 0.0284. The molecule has 0 saturated carbocycles. The van der Waals surface area contributed by atoms with Crippen molar-refractivity contribution in [3.8, 4) is 0 Å². The second kappa shape index (κ2) is 6.02. The van der Waals surface area contributed by atoms with Crippen LogP contribution in [0.3, 0.4) is 0 Å². The largest absolute Gasteiger partial charge is 0.315 e. The topological polar surface area (TPSA) is 15.3 Å². The number of rotatable bonds is 6. The summed E-state index contributed by atoms with van der Waals surface area (Å²) in [6, 6.07) is 0.505. The third-order valence-corrected chi connectivity index (χ3v) is 3.98. The molecular formula is C14H32N2. The molecule has 0 spiro atoms. The van der Waals surface area contributed by atoms with Gasteiger partial charge in [-0.05, 0) is 38.9 Å². The molecule has 0 aromatic carbocycles. The summed E-state index contributed by atoms with van der Waals surface area (Å²) < 4.78 is 0. The summed E-state index contributed by atoms with van der Waals surface area (Å²) in [7, 11) is 2.09. The minimum absolute atomic E-state index is 0.233. The van der Waals surface area contributed by atoms with Crippen molar-refractivity contribution < 1.29 is 0 Å². The highest BCUT2D eigenvalue weighted by atomic mass is 15.2. The zero-order chi connectivity index (χ0) is 13.0. The van der Waals surface area contributed by atoms with Gasteiger partial charge in [0.05, 0.1) is 0 Å². The van der Waals surface area contributed by atoms with Gasteiger partial charge in [0.1, 0.15) is 0 Å². The highest BCUT2D eigenvalue weighted by Gasteiger charge is 2.42. The Balaban J connectivity index is 5.18. The van der Waals surface area contributed by atoms with Crippen LogP contribution < -0.4 is 5.32 Å². The van der Waals surface area contributed by atoms with Gasteiger partial charge in [0, 0.05) is 11.6 Å². The first-order valence-electron chi connectivity index (χ1n) is 6.70. The molecule has 0 amide bonds. The molecule has 0 radical (unpaired) electrons. The van der Waals surface area contributed by atoms with E-state index in [1.165, 1.54) is 6.42 Å². The minimum Gasteiger partial charge on any atom is -0.315 e. The summed E-state index contributed by atoms with van der Waals surface area (Å²) in [5.41, 5.74) is 0.512. The Morgan fingerprint density at radius 3 is 1.62 bits per heavy atom. The molecule has 2 atom stereocenters. The molecule has 0 bridgehead atoms. The van der Waals surface area contributed by atoms with E-state index in [0.717, 1.165) is 13.1 Å². The standard InChI is InChI=1S/C14H32N2/c1-9-14(7,16(10-2)11-3)12(15-8)13(4,5)6/h12,15H,9-11H2,1-8H3. The van der Waals surface area contributed by atoms with Crippen molar-refractivity contribution >= 4 is 0 Å². The quantitative estimate of drug-likeness (QED) is 0.751. The number of nitrogens with zero attached hydrogens (tertiary/aromatic N) is 1. The van der Waals surface area contributed by atoms with Crippen molar-refractivity contribution in [2.24, 2.45) is 5.41 Å². The Hall–Kier alpha value is -0.0800. The zero-order valence-electron chi connectivity index (χ0n) is 12.6. The van der Waals surface area contributed by atoms with Crippen LogP contribution >= 0.6 is 0 Å². The van der Waals surface area contributed by atoms with Gasteiger partial charge < -0.3 is 5.32 Å². The van der Waals surface area contributed by atoms with Crippen molar-refractivity contribution in [1.82, 2.24) is 10.2 Å². The Morgan fingerprint density at radius 1 is 1.00 bits per heavy atom. The molecule has 2 unspecified atom stereocenters. The molecule has 0 aliphatic carbocycles. The summed E-state index contributed by atoms with van der Waals surface area (Å²) in [4.78, 5) is 2.58. The minimum atomic E-state index is 0.233. The fraction of sp³-hybridized carbons (Fsp3) is 1.00. The van der Waals surface area contributed by atoms with E-state index in [1.807, 2.05) is 0 Å². The number of likely N-dealkylation sites (N-methyl/N-ethyl adjacent to an activating group) is 2. The molecule has 0 aliphatic heterocycles. The number of nitrogens with one attached hydrogen (secondary N) is 1. The van der Waals surface area contributed by atoms with E-state index in [4.69, 9.17) is 0 Å². The molecule has 0 aromatic heterocycles. The highest BCUT2D eigenvalue weighted by molar-refractivity contribution is 5.00. The van der Waals surface area contributed by atoms with Crippen molar-refractivity contribution in [3.05, 3.63) is 0 Å². The summed E-state index contributed by atoms with van der Waals surface area (Å²) in [5, 5.41) is 3.54. The van der Waals surface area contributed by atoms with Gasteiger partial charge in [-0.25, -0.2) is 0 Å². The first-order valence-corrected chi connectivity index (χ1v) is 6.70. The second-order valence-electron chi connectivity index (χ2n) is 5.97. The molecule has 2 heteroatoms. The van der Waals surface area contributed by atoms with Crippen LogP contribution in [-0.4, -0.2) is 36.6 Å². The van der Waals surface area contributed by atoms with E-state index in [1.54, 1.807) is 0 Å². The van der Waals surface area contributed by atoms with Gasteiger partial charge in [0.15, 0.2) is 0 Å². The molecule has 1 N–H and O–H groups in total. The molecule has 0 aromatic rings. The molecule has 0 saturated heterocycles. The molecular weight excluding hydrogens is 196 g/mol. The Bertz CT molecular complexity index is 191. The Morgan fingerprint density at radius 2 is 1.44 bits per heavy atom. The summed E-state index contributed by atoms with van der Waals surface area (Å²) >= 11 is 0. The normalized spacial score (nSPS) is 18.6. The maximum absolute atomic E-state index is 3.54. The average molecular weight is 228 g/mol. The van der Waals surface area contributed by atoms with Gasteiger partial charge in [-0.3, -0.25) is 4.90 Å². The van der Waals surface area contributed by atoms with E-state index in [0.29, 0.717) is 6.04 Å². The molecule has 2 nitrogen and oxygen atoms in total. The monoisotopic (exact) mass is 228 g/mol. The van der Waals surface area contributed by atoms with Crippen LogP contribution in [0.15, 0.2) is 0 Å². The van der Waals surface area contributed by atoms with Gasteiger partial charge in [-0.1, -0.05) is 41.5 Å². The van der Waals surface area contributed by atoms with Crippen LogP contribution in [0.2, 0.25) is 0 Å². The van der Waals surface area contributed by atoms with E-state index >= 15 is 0 Å². The molecule has 0 fully saturated rings. The summed E-state index contributed by atoms with van der Waals surface area (Å²) in [6.45, 7) is 18.4. The smallest absolute Gasteiger partial charge is 0.0336 e. The summed E-state index contributed by atoms with van der Waals surface area (Å²) in [5.74, 6) is 0. The Kier molecular flexibility index (Phi) is 5.99. The second-order valence-corrected chi connectivity index (χ2v) is 5.97. The van der Waals surface area contributed by atoms with Gasteiger partial charge in [0.2, 0.25) is 0 Å². The molecule has 0 rings (SSSR count). The van der Waals surface area contributed by atoms with E-state index in [-0.39, 0.29) is 11.0 Å². The molecule has 16 heavy (non-hydrogen) atoms. The third kappa shape index (κ3) is 3.21. The first-order chi connectivity index (χ1) is 7.27. The first kappa shape index (κ1) is 15.9. The van der Waals surface area contributed by atoms with Crippen LogP contribution in [0.4, 0.5) is 0 Å². The maximum atomic E-state index is 3.54. The van der Waals surface area contributed by atoms with Gasteiger partial charge in [0.25, 0.3) is 0 Å². The highest BCUT2D eigenvalue weighted by Crippen LogP contribution is 2.34. The van der Waals surface area contributed by atoms with Crippen molar-refractivity contribution in [1.29, 1.82) is 0 Å². The predicted octanol–water partition coefficient (Wildman–Crippen LogP) is 3.13. The fourth-order valence-electron chi connectivity index (χ4n) is 3.23. The molecule has 98 valence electrons. The summed E-state index contributed by atoms with van der Waals surface area (Å²) in [6.07, 6.45) is 1.18. The van der Waals surface area contributed by atoms with E-state index in [2.05, 4.69) is 65.7 Å². The Labute approximate surface area is 103 Å². The third-order valence-electron chi connectivity index (χ3n) is 3.98. The fourth-order valence-corrected chi connectivity index (χ4v) is 3.23. The zero-order valence-corrected chi connectivity index (χ0v) is 12.6. The van der Waals surface area contributed by atoms with Crippen LogP contribution in [-0.2, 0) is 0 Å². The lowest BCUT2D eigenvalue weighted by Crippen LogP contribution is -2.63. The lowest BCUT2D eigenvalue weighted by atomic mass is 9.73. The van der Waals surface area contributed by atoms with Gasteiger partial charge in [-0.15, -0.1) is 0 Å².